The van der Waals surface area contributed by atoms with E-state index in [0.717, 1.165) is 83.6 Å². The molecule has 1 aromatic rings. The molecule has 192 valence electrons. The molecule has 8 heteroatoms. The molecule has 7 nitrogen and oxygen atoms in total. The molecule has 0 amide bonds. The maximum Gasteiger partial charge on any atom is 0.242 e. The summed E-state index contributed by atoms with van der Waals surface area (Å²) in [6.45, 7) is 11.6. The van der Waals surface area contributed by atoms with E-state index in [0.29, 0.717) is 16.9 Å². The van der Waals surface area contributed by atoms with Crippen LogP contribution in [0.3, 0.4) is 0 Å². The van der Waals surface area contributed by atoms with Crippen molar-refractivity contribution >= 4 is 15.8 Å². The first-order chi connectivity index (χ1) is 16.1. The van der Waals surface area contributed by atoms with Gasteiger partial charge in [0.2, 0.25) is 10.0 Å². The largest absolute Gasteiger partial charge is 0.381 e. The number of piperidine rings is 1. The molecular weight excluding hydrogens is 448 g/mol. The van der Waals surface area contributed by atoms with Gasteiger partial charge in [-0.1, -0.05) is 20.8 Å². The molecule has 1 saturated carbocycles. The number of nitrogens with one attached hydrogen (secondary N) is 2. The van der Waals surface area contributed by atoms with E-state index < -0.39 is 10.0 Å². The van der Waals surface area contributed by atoms with Crippen LogP contribution in [0.5, 0.6) is 0 Å². The third-order valence-corrected chi connectivity index (χ3v) is 9.46. The van der Waals surface area contributed by atoms with Crippen LogP contribution < -0.4 is 14.9 Å². The Bertz CT molecular complexity index is 874. The van der Waals surface area contributed by atoms with Crippen LogP contribution in [0.25, 0.3) is 0 Å². The number of rotatable bonds is 8. The minimum Gasteiger partial charge on any atom is -0.381 e. The van der Waals surface area contributed by atoms with E-state index in [1.165, 1.54) is 19.0 Å². The molecule has 34 heavy (non-hydrogen) atoms. The highest BCUT2D eigenvalue weighted by atomic mass is 32.2. The quantitative estimate of drug-likeness (QED) is 0.532. The molecule has 0 unspecified atom stereocenters. The first kappa shape index (κ1) is 25.9. The number of nitrogens with zero attached hydrogens (tertiary/aromatic N) is 2. The monoisotopic (exact) mass is 492 g/mol. The Balaban J connectivity index is 1.22. The van der Waals surface area contributed by atoms with E-state index in [-0.39, 0.29) is 10.9 Å². The van der Waals surface area contributed by atoms with Crippen molar-refractivity contribution in [2.75, 3.05) is 37.7 Å². The fourth-order valence-electron chi connectivity index (χ4n) is 5.60. The van der Waals surface area contributed by atoms with E-state index in [2.05, 4.69) is 40.7 Å². The Labute approximate surface area is 206 Å². The molecule has 1 aliphatic carbocycles. The van der Waals surface area contributed by atoms with Gasteiger partial charge in [0, 0.05) is 38.0 Å². The van der Waals surface area contributed by atoms with Crippen molar-refractivity contribution in [1.29, 1.82) is 0 Å². The number of pyridine rings is 1. The SMILES string of the molecule is CC(C)(C)CCCNC1CCC(NS(=O)(=O)c2ccc(N3CCC4(CCOC4)CC3)nc2)CC1. The molecule has 3 heterocycles. The van der Waals surface area contributed by atoms with Crippen LogP contribution >= 0.6 is 0 Å². The summed E-state index contributed by atoms with van der Waals surface area (Å²) in [6.07, 6.45) is 11.1. The van der Waals surface area contributed by atoms with Crippen LogP contribution in [-0.2, 0) is 14.8 Å². The lowest BCUT2D eigenvalue weighted by Gasteiger charge is -2.38. The van der Waals surface area contributed by atoms with Gasteiger partial charge in [0.05, 0.1) is 6.61 Å². The predicted molar refractivity (Wildman–Crippen MR) is 137 cm³/mol. The molecule has 2 aliphatic heterocycles. The standard InChI is InChI=1S/C26H44N4O3S/c1-25(2,3)11-4-15-27-21-5-7-22(8-6-21)29-34(31,32)23-9-10-24(28-19-23)30-16-12-26(13-17-30)14-18-33-20-26/h9-10,19,21-22,27,29H,4-8,11-18,20H2,1-3H3. The first-order valence-electron chi connectivity index (χ1n) is 13.2. The Kier molecular flexibility index (Phi) is 8.22. The highest BCUT2D eigenvalue weighted by molar-refractivity contribution is 7.89. The summed E-state index contributed by atoms with van der Waals surface area (Å²) in [5.41, 5.74) is 0.733. The Morgan fingerprint density at radius 2 is 1.79 bits per heavy atom. The van der Waals surface area contributed by atoms with Crippen molar-refractivity contribution in [3.05, 3.63) is 18.3 Å². The molecule has 0 aromatic carbocycles. The van der Waals surface area contributed by atoms with Crippen molar-refractivity contribution in [3.8, 4) is 0 Å². The van der Waals surface area contributed by atoms with Gasteiger partial charge in [-0.3, -0.25) is 0 Å². The minimum atomic E-state index is -3.55. The van der Waals surface area contributed by atoms with Crippen molar-refractivity contribution in [3.63, 3.8) is 0 Å². The van der Waals surface area contributed by atoms with E-state index in [1.54, 1.807) is 6.07 Å². The maximum atomic E-state index is 12.9. The second-order valence-electron chi connectivity index (χ2n) is 11.9. The number of ether oxygens (including phenoxy) is 1. The zero-order valence-corrected chi connectivity index (χ0v) is 22.1. The van der Waals surface area contributed by atoms with Crippen LogP contribution in [0, 0.1) is 10.8 Å². The summed E-state index contributed by atoms with van der Waals surface area (Å²) in [5, 5.41) is 3.66. The van der Waals surface area contributed by atoms with E-state index in [4.69, 9.17) is 4.74 Å². The molecule has 3 aliphatic rings. The summed E-state index contributed by atoms with van der Waals surface area (Å²) in [4.78, 5) is 7.04. The summed E-state index contributed by atoms with van der Waals surface area (Å²) in [5.74, 6) is 0.866. The average molecular weight is 493 g/mol. The smallest absolute Gasteiger partial charge is 0.242 e. The number of sulfonamides is 1. The molecule has 2 saturated heterocycles. The van der Waals surface area contributed by atoms with Gasteiger partial charge in [0.25, 0.3) is 0 Å². The molecule has 0 atom stereocenters. The van der Waals surface area contributed by atoms with Crippen molar-refractivity contribution in [2.45, 2.75) is 95.5 Å². The summed E-state index contributed by atoms with van der Waals surface area (Å²) in [6, 6.07) is 4.07. The second kappa shape index (κ2) is 10.8. The van der Waals surface area contributed by atoms with Crippen LogP contribution in [0.4, 0.5) is 5.82 Å². The highest BCUT2D eigenvalue weighted by Gasteiger charge is 2.38. The third-order valence-electron chi connectivity index (χ3n) is 7.95. The first-order valence-corrected chi connectivity index (χ1v) is 14.7. The molecule has 0 radical (unpaired) electrons. The molecule has 3 fully saturated rings. The topological polar surface area (TPSA) is 83.6 Å². The second-order valence-corrected chi connectivity index (χ2v) is 13.6. The predicted octanol–water partition coefficient (Wildman–Crippen LogP) is 4.09. The summed E-state index contributed by atoms with van der Waals surface area (Å²) in [7, 11) is -3.55. The van der Waals surface area contributed by atoms with E-state index >= 15 is 0 Å². The lowest BCUT2D eigenvalue weighted by molar-refractivity contribution is 0.133. The fraction of sp³-hybridized carbons (Fsp3) is 0.808. The van der Waals surface area contributed by atoms with Gasteiger partial charge in [0.1, 0.15) is 10.7 Å². The molecule has 1 aromatic heterocycles. The van der Waals surface area contributed by atoms with Gasteiger partial charge in [-0.2, -0.15) is 0 Å². The van der Waals surface area contributed by atoms with E-state index in [1.807, 2.05) is 6.07 Å². The van der Waals surface area contributed by atoms with Gasteiger partial charge in [0.15, 0.2) is 0 Å². The summed E-state index contributed by atoms with van der Waals surface area (Å²) < 4.78 is 34.4. The molecular formula is C26H44N4O3S. The van der Waals surface area contributed by atoms with Crippen LogP contribution in [0.2, 0.25) is 0 Å². The molecule has 2 N–H and O–H groups in total. The molecule has 4 rings (SSSR count). The van der Waals surface area contributed by atoms with Gasteiger partial charge in [-0.15, -0.1) is 0 Å². The molecule has 0 bridgehead atoms. The van der Waals surface area contributed by atoms with Crippen LogP contribution in [0.15, 0.2) is 23.2 Å². The Morgan fingerprint density at radius 3 is 2.38 bits per heavy atom. The van der Waals surface area contributed by atoms with Crippen molar-refractivity contribution in [1.82, 2.24) is 15.0 Å². The zero-order chi connectivity index (χ0) is 24.2. The zero-order valence-electron chi connectivity index (χ0n) is 21.3. The van der Waals surface area contributed by atoms with Crippen molar-refractivity contribution in [2.24, 2.45) is 10.8 Å². The van der Waals surface area contributed by atoms with Gasteiger partial charge in [-0.25, -0.2) is 18.1 Å². The van der Waals surface area contributed by atoms with E-state index in [9.17, 15) is 8.42 Å². The summed E-state index contributed by atoms with van der Waals surface area (Å²) >= 11 is 0. The normalized spacial score (nSPS) is 25.7. The van der Waals surface area contributed by atoms with Crippen LogP contribution in [0.1, 0.15) is 78.6 Å². The lowest BCUT2D eigenvalue weighted by Crippen LogP contribution is -2.42. The third kappa shape index (κ3) is 6.93. The highest BCUT2D eigenvalue weighted by Crippen LogP contribution is 2.39. The van der Waals surface area contributed by atoms with Gasteiger partial charge < -0.3 is 15.0 Å². The number of aromatic nitrogens is 1. The van der Waals surface area contributed by atoms with Crippen molar-refractivity contribution < 1.29 is 13.2 Å². The maximum absolute atomic E-state index is 12.9. The minimum absolute atomic E-state index is 0.00390. The molecule has 1 spiro atoms. The van der Waals surface area contributed by atoms with Gasteiger partial charge in [-0.05, 0) is 87.3 Å². The number of anilines is 1. The van der Waals surface area contributed by atoms with Gasteiger partial charge >= 0.3 is 0 Å². The Morgan fingerprint density at radius 1 is 1.09 bits per heavy atom. The number of hydrogen-bond acceptors (Lipinski definition) is 6. The van der Waals surface area contributed by atoms with Crippen LogP contribution in [-0.4, -0.2) is 58.3 Å². The lowest BCUT2D eigenvalue weighted by atomic mass is 9.78. The fourth-order valence-corrected chi connectivity index (χ4v) is 6.85. The number of hydrogen-bond donors (Lipinski definition) is 2. The Hall–Kier alpha value is -1.22. The average Bonchev–Trinajstić information content (AvgIpc) is 3.25.